The molecule has 6 nitrogen and oxygen atoms in total. The van der Waals surface area contributed by atoms with E-state index in [0.29, 0.717) is 6.42 Å². The topological polar surface area (TPSA) is 75.6 Å². The molecule has 0 amide bonds. The number of rotatable bonds is 10. The third-order valence-electron chi connectivity index (χ3n) is 3.28. The van der Waals surface area contributed by atoms with Crippen molar-refractivity contribution in [3.05, 3.63) is 30.1 Å². The first kappa shape index (κ1) is 18.9. The van der Waals surface area contributed by atoms with Gasteiger partial charge < -0.3 is 15.4 Å². The van der Waals surface area contributed by atoms with Gasteiger partial charge in [0.2, 0.25) is 0 Å². The Balaban J connectivity index is 2.20. The normalized spacial score (nSPS) is 11.1. The van der Waals surface area contributed by atoms with Crippen LogP contribution >= 0.6 is 0 Å². The van der Waals surface area contributed by atoms with Crippen LogP contribution in [0.2, 0.25) is 0 Å². The lowest BCUT2D eigenvalue weighted by molar-refractivity contribution is -0.140. The molecule has 0 fully saturated rings. The Bertz CT molecular complexity index is 463. The second-order valence-corrected chi connectivity index (χ2v) is 5.15. The molecule has 0 radical (unpaired) electrons. The highest BCUT2D eigenvalue weighted by Gasteiger charge is 2.00. The third-order valence-corrected chi connectivity index (χ3v) is 3.28. The summed E-state index contributed by atoms with van der Waals surface area (Å²) in [7, 11) is 1.42. The van der Waals surface area contributed by atoms with Crippen LogP contribution in [0.5, 0.6) is 0 Å². The third kappa shape index (κ3) is 9.50. The molecule has 0 unspecified atom stereocenters. The highest BCUT2D eigenvalue weighted by Crippen LogP contribution is 2.01. The first-order valence-corrected chi connectivity index (χ1v) is 8.25. The van der Waals surface area contributed by atoms with Crippen molar-refractivity contribution in [1.82, 2.24) is 15.6 Å². The van der Waals surface area contributed by atoms with Crippen LogP contribution in [0.1, 0.15) is 38.3 Å². The number of ether oxygens (including phenoxy) is 1. The lowest BCUT2D eigenvalue weighted by Gasteiger charge is -2.11. The Morgan fingerprint density at radius 3 is 2.83 bits per heavy atom. The Kier molecular flexibility index (Phi) is 10.2. The number of methoxy groups -OCH3 is 1. The van der Waals surface area contributed by atoms with E-state index in [4.69, 9.17) is 0 Å². The molecule has 128 valence electrons. The summed E-state index contributed by atoms with van der Waals surface area (Å²) < 4.78 is 4.62. The Labute approximate surface area is 138 Å². The zero-order chi connectivity index (χ0) is 16.8. The molecule has 1 aromatic rings. The summed E-state index contributed by atoms with van der Waals surface area (Å²) in [6.07, 6.45) is 5.96. The zero-order valence-corrected chi connectivity index (χ0v) is 14.2. The van der Waals surface area contributed by atoms with Crippen LogP contribution in [0.25, 0.3) is 0 Å². The van der Waals surface area contributed by atoms with E-state index in [-0.39, 0.29) is 5.97 Å². The maximum Gasteiger partial charge on any atom is 0.305 e. The van der Waals surface area contributed by atoms with Crippen LogP contribution in [-0.2, 0) is 16.0 Å². The van der Waals surface area contributed by atoms with Crippen molar-refractivity contribution in [3.63, 3.8) is 0 Å². The first-order chi connectivity index (χ1) is 11.3. The van der Waals surface area contributed by atoms with E-state index < -0.39 is 0 Å². The number of aromatic nitrogens is 1. The summed E-state index contributed by atoms with van der Waals surface area (Å²) in [5.41, 5.74) is 1.07. The molecule has 1 heterocycles. The number of carbonyl (C=O) groups excluding carboxylic acids is 1. The van der Waals surface area contributed by atoms with Gasteiger partial charge in [0.1, 0.15) is 0 Å². The largest absolute Gasteiger partial charge is 0.469 e. The maximum absolute atomic E-state index is 11.0. The highest BCUT2D eigenvalue weighted by molar-refractivity contribution is 5.79. The molecule has 0 bridgehead atoms. The number of guanidine groups is 1. The van der Waals surface area contributed by atoms with Gasteiger partial charge in [-0.05, 0) is 31.9 Å². The highest BCUT2D eigenvalue weighted by atomic mass is 16.5. The fourth-order valence-corrected chi connectivity index (χ4v) is 2.05. The molecule has 0 saturated heterocycles. The molecular weight excluding hydrogens is 292 g/mol. The fourth-order valence-electron chi connectivity index (χ4n) is 2.05. The molecule has 1 rings (SSSR count). The van der Waals surface area contributed by atoms with Crippen LogP contribution in [0.4, 0.5) is 0 Å². The second-order valence-electron chi connectivity index (χ2n) is 5.15. The van der Waals surface area contributed by atoms with E-state index in [0.717, 1.165) is 57.0 Å². The van der Waals surface area contributed by atoms with Gasteiger partial charge in [-0.25, -0.2) is 0 Å². The Hall–Kier alpha value is -2.11. The summed E-state index contributed by atoms with van der Waals surface area (Å²) in [4.78, 5) is 19.8. The number of esters is 1. The van der Waals surface area contributed by atoms with E-state index in [1.165, 1.54) is 7.11 Å². The molecule has 23 heavy (non-hydrogen) atoms. The van der Waals surface area contributed by atoms with Gasteiger partial charge in [0, 0.05) is 44.4 Å². The molecule has 0 aromatic carbocycles. The van der Waals surface area contributed by atoms with Gasteiger partial charge in [-0.3, -0.25) is 14.8 Å². The molecule has 6 heteroatoms. The number of nitrogens with one attached hydrogen (secondary N) is 2. The minimum Gasteiger partial charge on any atom is -0.469 e. The van der Waals surface area contributed by atoms with Gasteiger partial charge in [-0.1, -0.05) is 12.5 Å². The van der Waals surface area contributed by atoms with E-state index in [1.54, 1.807) is 0 Å². The lowest BCUT2D eigenvalue weighted by atomic mass is 10.2. The first-order valence-electron chi connectivity index (χ1n) is 8.25. The van der Waals surface area contributed by atoms with Crippen molar-refractivity contribution in [2.45, 2.75) is 39.0 Å². The van der Waals surface area contributed by atoms with Gasteiger partial charge >= 0.3 is 5.97 Å². The summed E-state index contributed by atoms with van der Waals surface area (Å²) in [5.74, 6) is 0.689. The van der Waals surface area contributed by atoms with E-state index >= 15 is 0 Å². The number of hydrogen-bond donors (Lipinski definition) is 2. The predicted molar refractivity (Wildman–Crippen MR) is 92.4 cm³/mol. The monoisotopic (exact) mass is 320 g/mol. The van der Waals surface area contributed by atoms with Gasteiger partial charge in [0.25, 0.3) is 0 Å². The van der Waals surface area contributed by atoms with Crippen molar-refractivity contribution in [3.8, 4) is 0 Å². The fraction of sp³-hybridized carbons (Fsp3) is 0.588. The standard InChI is InChI=1S/C17H28N4O2/c1-3-18-17(20-13-7-4-5-10-16(22)23-2)21-14-11-15-9-6-8-12-19-15/h6,8-9,12H,3-5,7,10-11,13-14H2,1-2H3,(H2,18,20,21). The SMILES string of the molecule is CCNC(=NCCCCCC(=O)OC)NCCc1ccccn1. The summed E-state index contributed by atoms with van der Waals surface area (Å²) in [6.45, 7) is 4.43. The van der Waals surface area contributed by atoms with Crippen molar-refractivity contribution >= 4 is 11.9 Å². The second kappa shape index (κ2) is 12.4. The molecule has 0 spiro atoms. The van der Waals surface area contributed by atoms with Gasteiger partial charge in [0.15, 0.2) is 5.96 Å². The van der Waals surface area contributed by atoms with Crippen LogP contribution in [0.3, 0.4) is 0 Å². The van der Waals surface area contributed by atoms with Crippen LogP contribution in [-0.4, -0.2) is 43.7 Å². The average molecular weight is 320 g/mol. The molecule has 0 aliphatic rings. The molecule has 0 aliphatic carbocycles. The van der Waals surface area contributed by atoms with Crippen molar-refractivity contribution in [2.24, 2.45) is 4.99 Å². The summed E-state index contributed by atoms with van der Waals surface area (Å²) in [5, 5.41) is 6.54. The number of nitrogens with zero attached hydrogens (tertiary/aromatic N) is 2. The van der Waals surface area contributed by atoms with Gasteiger partial charge in [-0.15, -0.1) is 0 Å². The maximum atomic E-state index is 11.0. The molecule has 0 aliphatic heterocycles. The molecule has 1 aromatic heterocycles. The minimum atomic E-state index is -0.141. The van der Waals surface area contributed by atoms with Crippen LogP contribution in [0, 0.1) is 0 Å². The number of carbonyl (C=O) groups is 1. The van der Waals surface area contributed by atoms with Crippen molar-refractivity contribution in [1.29, 1.82) is 0 Å². The molecule has 2 N–H and O–H groups in total. The number of unbranched alkanes of at least 4 members (excludes halogenated alkanes) is 2. The zero-order valence-electron chi connectivity index (χ0n) is 14.2. The minimum absolute atomic E-state index is 0.141. The lowest BCUT2D eigenvalue weighted by Crippen LogP contribution is -2.38. The molecule has 0 atom stereocenters. The average Bonchev–Trinajstić information content (AvgIpc) is 2.58. The van der Waals surface area contributed by atoms with Crippen LogP contribution in [0.15, 0.2) is 29.4 Å². The Morgan fingerprint density at radius 2 is 2.13 bits per heavy atom. The van der Waals surface area contributed by atoms with E-state index in [2.05, 4.69) is 25.3 Å². The van der Waals surface area contributed by atoms with E-state index in [9.17, 15) is 4.79 Å². The van der Waals surface area contributed by atoms with Gasteiger partial charge in [0.05, 0.1) is 7.11 Å². The van der Waals surface area contributed by atoms with Crippen molar-refractivity contribution < 1.29 is 9.53 Å². The smallest absolute Gasteiger partial charge is 0.305 e. The summed E-state index contributed by atoms with van der Waals surface area (Å²) >= 11 is 0. The number of hydrogen-bond acceptors (Lipinski definition) is 4. The molecular formula is C17H28N4O2. The van der Waals surface area contributed by atoms with E-state index in [1.807, 2.05) is 31.3 Å². The molecule has 0 saturated carbocycles. The number of pyridine rings is 1. The van der Waals surface area contributed by atoms with Gasteiger partial charge in [-0.2, -0.15) is 0 Å². The van der Waals surface area contributed by atoms with Crippen molar-refractivity contribution in [2.75, 3.05) is 26.7 Å². The Morgan fingerprint density at radius 1 is 1.26 bits per heavy atom. The summed E-state index contributed by atoms with van der Waals surface area (Å²) in [6, 6.07) is 5.94. The quantitative estimate of drug-likeness (QED) is 0.298. The number of aliphatic imine (C=N–C) groups is 1. The van der Waals surface area contributed by atoms with Crippen LogP contribution < -0.4 is 10.6 Å². The predicted octanol–water partition coefficient (Wildman–Crippen LogP) is 1.91.